The van der Waals surface area contributed by atoms with Crippen molar-refractivity contribution in [3.8, 4) is 6.07 Å². The van der Waals surface area contributed by atoms with E-state index >= 15 is 0 Å². The molecule has 0 saturated heterocycles. The molecule has 1 heterocycles. The molecule has 0 spiro atoms. The van der Waals surface area contributed by atoms with Crippen LogP contribution in [0.25, 0.3) is 0 Å². The first-order chi connectivity index (χ1) is 17.1. The fraction of sp³-hybridized carbons (Fsp3) is 0.500. The fourth-order valence-corrected chi connectivity index (χ4v) is 4.50. The minimum atomic E-state index is -0.506. The maximum atomic E-state index is 12.5. The van der Waals surface area contributed by atoms with E-state index < -0.39 is 6.03 Å². The highest BCUT2D eigenvalue weighted by Gasteiger charge is 2.28. The predicted molar refractivity (Wildman–Crippen MR) is 139 cm³/mol. The number of carbonyl (C=O) groups excluding carboxylic acids is 2. The largest absolute Gasteiger partial charge is 0.446 e. The molecule has 3 rings (SSSR count). The Bertz CT molecular complexity index is 1090. The second kappa shape index (κ2) is 12.5. The monoisotopic (exact) mass is 512 g/mol. The minimum Gasteiger partial charge on any atom is -0.446 e. The number of ether oxygens (including phenoxy) is 1. The molecule has 36 heavy (non-hydrogen) atoms. The molecule has 192 valence electrons. The molecule has 10 heteroatoms. The minimum absolute atomic E-state index is 0.161. The third kappa shape index (κ3) is 8.68. The number of anilines is 2. The zero-order valence-corrected chi connectivity index (χ0v) is 21.7. The smallest absolute Gasteiger partial charge is 0.407 e. The number of aromatic nitrogens is 2. The third-order valence-corrected chi connectivity index (χ3v) is 6.28. The van der Waals surface area contributed by atoms with Crippen LogP contribution in [-0.2, 0) is 11.2 Å². The summed E-state index contributed by atoms with van der Waals surface area (Å²) in [6, 6.07) is 6.69. The summed E-state index contributed by atoms with van der Waals surface area (Å²) in [6.45, 7) is 5.78. The second-order valence-electron chi connectivity index (χ2n) is 10.0. The van der Waals surface area contributed by atoms with Crippen molar-refractivity contribution in [3.63, 3.8) is 0 Å². The molecule has 0 bridgehead atoms. The van der Waals surface area contributed by atoms with Crippen LogP contribution in [0.1, 0.15) is 70.6 Å². The van der Waals surface area contributed by atoms with Crippen molar-refractivity contribution in [2.75, 3.05) is 10.6 Å². The summed E-state index contributed by atoms with van der Waals surface area (Å²) in [5, 5.41) is 17.5. The molecule has 0 radical (unpaired) electrons. The van der Waals surface area contributed by atoms with Crippen LogP contribution in [-0.4, -0.2) is 33.7 Å². The standard InChI is InChI=1S/C26H33ClN6O3/c1-26(2,3)33-25(35)36-22(18-7-5-4-6-8-18)12-10-17-9-11-19(13-21(17)27)31-24(34)32-23-16-29-20(14-28)15-30-23/h9,11,13,15-16,18,22H,4-8,10,12H2,1-3H3,(H,33,35)(H2,30,31,32,34). The number of halogens is 1. The number of aryl methyl sites for hydroxylation is 1. The first kappa shape index (κ1) is 27.2. The van der Waals surface area contributed by atoms with Gasteiger partial charge in [0, 0.05) is 16.2 Å². The van der Waals surface area contributed by atoms with Crippen LogP contribution in [0, 0.1) is 17.2 Å². The highest BCUT2D eigenvalue weighted by atomic mass is 35.5. The lowest BCUT2D eigenvalue weighted by molar-refractivity contribution is 0.0393. The predicted octanol–water partition coefficient (Wildman–Crippen LogP) is 6.05. The van der Waals surface area contributed by atoms with Gasteiger partial charge in [0.2, 0.25) is 0 Å². The number of carbonyl (C=O) groups is 2. The van der Waals surface area contributed by atoms with E-state index in [1.165, 1.54) is 18.8 Å². The van der Waals surface area contributed by atoms with Crippen molar-refractivity contribution in [2.45, 2.75) is 77.4 Å². The number of nitrogens with one attached hydrogen (secondary N) is 3. The van der Waals surface area contributed by atoms with Gasteiger partial charge in [-0.3, -0.25) is 5.32 Å². The normalized spacial score (nSPS) is 14.9. The van der Waals surface area contributed by atoms with Gasteiger partial charge in [-0.2, -0.15) is 5.26 Å². The summed E-state index contributed by atoms with van der Waals surface area (Å²) in [6.07, 6.45) is 8.99. The third-order valence-electron chi connectivity index (χ3n) is 5.93. The lowest BCUT2D eigenvalue weighted by Crippen LogP contribution is -2.43. The van der Waals surface area contributed by atoms with Crippen molar-refractivity contribution in [1.29, 1.82) is 5.26 Å². The van der Waals surface area contributed by atoms with Gasteiger partial charge in [-0.05, 0) is 70.1 Å². The van der Waals surface area contributed by atoms with Crippen molar-refractivity contribution >= 4 is 35.2 Å². The molecule has 1 aliphatic rings. The quantitative estimate of drug-likeness (QED) is 0.414. The lowest BCUT2D eigenvalue weighted by Gasteiger charge is -2.31. The molecule has 3 N–H and O–H groups in total. The molecule has 1 aromatic heterocycles. The molecule has 1 atom stereocenters. The van der Waals surface area contributed by atoms with Crippen LogP contribution in [0.5, 0.6) is 0 Å². The van der Waals surface area contributed by atoms with Gasteiger partial charge in [0.25, 0.3) is 0 Å². The van der Waals surface area contributed by atoms with E-state index in [1.807, 2.05) is 32.9 Å². The number of urea groups is 1. The summed E-state index contributed by atoms with van der Waals surface area (Å²) < 4.78 is 5.89. The van der Waals surface area contributed by atoms with E-state index in [0.717, 1.165) is 31.2 Å². The van der Waals surface area contributed by atoms with Gasteiger partial charge in [-0.25, -0.2) is 19.6 Å². The SMILES string of the molecule is CC(C)(C)NC(=O)OC(CCc1ccc(NC(=O)Nc2cnc(C#N)cn2)cc1Cl)C1CCCCC1. The number of benzene rings is 1. The fourth-order valence-electron chi connectivity index (χ4n) is 4.22. The first-order valence-electron chi connectivity index (χ1n) is 12.2. The van der Waals surface area contributed by atoms with Crippen molar-refractivity contribution in [1.82, 2.24) is 15.3 Å². The van der Waals surface area contributed by atoms with Gasteiger partial charge in [0.15, 0.2) is 11.5 Å². The van der Waals surface area contributed by atoms with Crippen LogP contribution >= 0.6 is 11.6 Å². The summed E-state index contributed by atoms with van der Waals surface area (Å²) in [4.78, 5) is 32.6. The van der Waals surface area contributed by atoms with Gasteiger partial charge in [0.05, 0.1) is 12.4 Å². The second-order valence-corrected chi connectivity index (χ2v) is 10.4. The zero-order chi connectivity index (χ0) is 26.1. The summed E-state index contributed by atoms with van der Waals surface area (Å²) in [5.74, 6) is 0.566. The Morgan fingerprint density at radius 2 is 1.92 bits per heavy atom. The summed E-state index contributed by atoms with van der Waals surface area (Å²) in [7, 11) is 0. The van der Waals surface area contributed by atoms with Crippen LogP contribution in [0.15, 0.2) is 30.6 Å². The van der Waals surface area contributed by atoms with Gasteiger partial charge in [0.1, 0.15) is 12.2 Å². The summed E-state index contributed by atoms with van der Waals surface area (Å²) in [5.41, 5.74) is 1.24. The molecule has 1 aliphatic carbocycles. The number of hydrogen-bond acceptors (Lipinski definition) is 6. The average molecular weight is 513 g/mol. The number of nitrogens with zero attached hydrogens (tertiary/aromatic N) is 3. The van der Waals surface area contributed by atoms with Crippen molar-refractivity contribution < 1.29 is 14.3 Å². The van der Waals surface area contributed by atoms with E-state index in [4.69, 9.17) is 21.6 Å². The van der Waals surface area contributed by atoms with Gasteiger partial charge in [-0.1, -0.05) is 36.9 Å². The molecule has 1 unspecified atom stereocenters. The van der Waals surface area contributed by atoms with E-state index in [-0.39, 0.29) is 29.2 Å². The maximum Gasteiger partial charge on any atom is 0.407 e. The Labute approximate surface area is 217 Å². The van der Waals surface area contributed by atoms with Gasteiger partial charge < -0.3 is 15.4 Å². The molecule has 3 amide bonds. The maximum absolute atomic E-state index is 12.5. The van der Waals surface area contributed by atoms with Gasteiger partial charge >= 0.3 is 12.1 Å². The molecule has 9 nitrogen and oxygen atoms in total. The highest BCUT2D eigenvalue weighted by Crippen LogP contribution is 2.31. The average Bonchev–Trinajstić information content (AvgIpc) is 2.82. The van der Waals surface area contributed by atoms with E-state index in [2.05, 4.69) is 25.9 Å². The van der Waals surface area contributed by atoms with Crippen molar-refractivity contribution in [3.05, 3.63) is 46.9 Å². The number of nitriles is 1. The molecule has 2 aromatic rings. The number of amides is 3. The zero-order valence-electron chi connectivity index (χ0n) is 20.9. The van der Waals surface area contributed by atoms with Crippen LogP contribution < -0.4 is 16.0 Å². The lowest BCUT2D eigenvalue weighted by atomic mass is 9.83. The van der Waals surface area contributed by atoms with Crippen LogP contribution in [0.2, 0.25) is 5.02 Å². The van der Waals surface area contributed by atoms with E-state index in [0.29, 0.717) is 29.5 Å². The molecular weight excluding hydrogens is 480 g/mol. The first-order valence-corrected chi connectivity index (χ1v) is 12.6. The molecule has 1 aromatic carbocycles. The molecular formula is C26H33ClN6O3. The Morgan fingerprint density at radius 3 is 2.53 bits per heavy atom. The van der Waals surface area contributed by atoms with E-state index in [9.17, 15) is 9.59 Å². The Hall–Kier alpha value is -3.38. The van der Waals surface area contributed by atoms with Gasteiger partial charge in [-0.15, -0.1) is 0 Å². The molecule has 0 aliphatic heterocycles. The number of alkyl carbamates (subject to hydrolysis) is 1. The summed E-state index contributed by atoms with van der Waals surface area (Å²) >= 11 is 6.52. The van der Waals surface area contributed by atoms with Crippen LogP contribution in [0.4, 0.5) is 21.1 Å². The molecule has 1 fully saturated rings. The Balaban J connectivity index is 1.59. The Morgan fingerprint density at radius 1 is 1.17 bits per heavy atom. The van der Waals surface area contributed by atoms with E-state index in [1.54, 1.807) is 12.1 Å². The van der Waals surface area contributed by atoms with Crippen molar-refractivity contribution in [2.24, 2.45) is 5.92 Å². The van der Waals surface area contributed by atoms with Crippen LogP contribution in [0.3, 0.4) is 0 Å². The number of rotatable bonds is 7. The highest BCUT2D eigenvalue weighted by molar-refractivity contribution is 6.31. The Kier molecular flexibility index (Phi) is 9.48. The molecule has 1 saturated carbocycles. The topological polar surface area (TPSA) is 129 Å². The number of hydrogen-bond donors (Lipinski definition) is 3.